The molecule has 0 bridgehead atoms. The Morgan fingerprint density at radius 1 is 1.50 bits per heavy atom. The van der Waals surface area contributed by atoms with Gasteiger partial charge in [-0.1, -0.05) is 0 Å². The molecule has 0 atom stereocenters. The van der Waals surface area contributed by atoms with E-state index in [1.165, 1.54) is 0 Å². The average molecular weight is 410 g/mol. The fourth-order valence-electron chi connectivity index (χ4n) is 0.872. The zero-order valence-electron chi connectivity index (χ0n) is 5.81. The van der Waals surface area contributed by atoms with Crippen molar-refractivity contribution in [3.63, 3.8) is 0 Å². The molecule has 12 heavy (non-hydrogen) atoms. The number of hydrogen-bond acceptors (Lipinski definition) is 3. The van der Waals surface area contributed by atoms with Gasteiger partial charge in [0.2, 0.25) is 0 Å². The second-order valence-corrected chi connectivity index (χ2v) is 3.01. The van der Waals surface area contributed by atoms with Crippen LogP contribution in [0.4, 0.5) is 5.95 Å². The maximum absolute atomic E-state index is 5.45. The predicted molar refractivity (Wildman–Crippen MR) is 43.0 cm³/mol. The summed E-state index contributed by atoms with van der Waals surface area (Å²) >= 11 is 2.37. The van der Waals surface area contributed by atoms with Gasteiger partial charge >= 0.3 is 89.9 Å². The first-order valence-electron chi connectivity index (χ1n) is 2.98. The first kappa shape index (κ1) is 9.64. The van der Waals surface area contributed by atoms with Gasteiger partial charge in [0.15, 0.2) is 0 Å². The second kappa shape index (κ2) is 3.52. The van der Waals surface area contributed by atoms with Crippen LogP contribution < -0.4 is 5.73 Å². The third-order valence-corrected chi connectivity index (χ3v) is 2.03. The fourth-order valence-corrected chi connectivity index (χ4v) is 1.46. The van der Waals surface area contributed by atoms with Crippen molar-refractivity contribution >= 4 is 32.7 Å². The topological polar surface area (TPSA) is 83.4 Å². The summed E-state index contributed by atoms with van der Waals surface area (Å²) in [6.45, 7) is 0. The van der Waals surface area contributed by atoms with E-state index in [9.17, 15) is 0 Å². The number of nitrogen functional groups attached to an aromatic ring is 1. The summed E-state index contributed by atoms with van der Waals surface area (Å²) in [5.74, 6) is 0.375. The molecule has 0 aliphatic heterocycles. The SMILES string of the molecule is Nc1nc2nc[nH]c2c(=[SeH])[nH]1.[Pt+2]. The summed E-state index contributed by atoms with van der Waals surface area (Å²) in [5, 5.41) is 0. The van der Waals surface area contributed by atoms with Crippen molar-refractivity contribution in [3.8, 4) is 0 Å². The molecule has 0 saturated heterocycles. The number of nitrogens with zero attached hydrogens (tertiary/aromatic N) is 2. The molecule has 65 valence electrons. The van der Waals surface area contributed by atoms with Crippen LogP contribution in [0.2, 0.25) is 0 Å². The van der Waals surface area contributed by atoms with Crippen molar-refractivity contribution in [2.75, 3.05) is 5.73 Å². The van der Waals surface area contributed by atoms with Gasteiger partial charge in [0, 0.05) is 0 Å². The Labute approximate surface area is 89.8 Å². The third kappa shape index (κ3) is 1.51. The van der Waals surface area contributed by atoms with Crippen LogP contribution in [-0.2, 0) is 21.1 Å². The van der Waals surface area contributed by atoms with E-state index in [-0.39, 0.29) is 21.1 Å². The van der Waals surface area contributed by atoms with E-state index in [4.69, 9.17) is 5.73 Å². The van der Waals surface area contributed by atoms with Gasteiger partial charge in [-0.05, 0) is 0 Å². The number of anilines is 1. The Balaban J connectivity index is 0.000000720. The Hall–Kier alpha value is -0.442. The molecule has 2 heterocycles. The summed E-state index contributed by atoms with van der Waals surface area (Å²) in [7, 11) is 0. The molecule has 2 rings (SSSR count). The van der Waals surface area contributed by atoms with E-state index in [1.54, 1.807) is 6.33 Å². The Bertz CT molecular complexity index is 446. The number of fused-ring (bicyclic) bond motifs is 1. The van der Waals surface area contributed by atoms with E-state index in [1.807, 2.05) is 0 Å². The zero-order valence-corrected chi connectivity index (χ0v) is 9.96. The molecule has 0 spiro atoms. The number of aromatic nitrogens is 4. The fraction of sp³-hybridized carbons (Fsp3) is 0. The summed E-state index contributed by atoms with van der Waals surface area (Å²) in [4.78, 5) is 13.7. The third-order valence-electron chi connectivity index (χ3n) is 1.33. The van der Waals surface area contributed by atoms with E-state index in [2.05, 4.69) is 35.5 Å². The Kier molecular flexibility index (Phi) is 2.83. The quantitative estimate of drug-likeness (QED) is 0.503. The number of hydrogen-bond donors (Lipinski definition) is 3. The molecule has 2 aromatic rings. The van der Waals surface area contributed by atoms with Crippen LogP contribution >= 0.6 is 0 Å². The molecule has 1 radical (unpaired) electrons. The minimum absolute atomic E-state index is 0. The average Bonchev–Trinajstić information content (AvgIpc) is 2.34. The molecule has 0 aromatic carbocycles. The van der Waals surface area contributed by atoms with Gasteiger partial charge in [0.05, 0.1) is 0 Å². The first-order chi connectivity index (χ1) is 5.27. The van der Waals surface area contributed by atoms with E-state index < -0.39 is 0 Å². The van der Waals surface area contributed by atoms with E-state index in [0.29, 0.717) is 11.6 Å². The van der Waals surface area contributed by atoms with Crippen molar-refractivity contribution in [2.24, 2.45) is 0 Å². The molecular formula is C5H6N5PtSe+2. The monoisotopic (exact) mass is 411 g/mol. The standard InChI is InChI=1S/C5H6N5Se.Pt/c6-5-9-3-2(4(11)10-5)7-1-8-3;/h1,11H,(H,7,8)(H3,6,9,10);/q;+2. The molecule has 0 aliphatic carbocycles. The summed E-state index contributed by atoms with van der Waals surface area (Å²) in [6.07, 6.45) is 1.59. The van der Waals surface area contributed by atoms with Gasteiger partial charge in [-0.2, -0.15) is 0 Å². The minimum Gasteiger partial charge on any atom is 2.00 e. The molecule has 0 unspecified atom stereocenters. The number of H-pyrrole nitrogens is 2. The maximum atomic E-state index is 5.45. The first-order valence-corrected chi connectivity index (χ1v) is 3.92. The molecule has 0 amide bonds. The van der Waals surface area contributed by atoms with Crippen LogP contribution in [0.5, 0.6) is 0 Å². The van der Waals surface area contributed by atoms with Crippen LogP contribution in [0.3, 0.4) is 0 Å². The van der Waals surface area contributed by atoms with Gasteiger partial charge in [-0.3, -0.25) is 0 Å². The van der Waals surface area contributed by atoms with Gasteiger partial charge in [-0.15, -0.1) is 0 Å². The number of aromatic amines is 2. The Morgan fingerprint density at radius 3 is 3.00 bits per heavy atom. The summed E-state index contributed by atoms with van der Waals surface area (Å²) in [6, 6.07) is 0. The van der Waals surface area contributed by atoms with Crippen LogP contribution in [-0.4, -0.2) is 35.5 Å². The van der Waals surface area contributed by atoms with Crippen molar-refractivity contribution in [1.29, 1.82) is 0 Å². The van der Waals surface area contributed by atoms with Crippen LogP contribution in [0.1, 0.15) is 0 Å². The van der Waals surface area contributed by atoms with Gasteiger partial charge in [-0.25, -0.2) is 0 Å². The van der Waals surface area contributed by atoms with Crippen LogP contribution in [0.15, 0.2) is 6.33 Å². The van der Waals surface area contributed by atoms with E-state index in [0.717, 1.165) is 9.71 Å². The van der Waals surface area contributed by atoms with Gasteiger partial charge in [0.25, 0.3) is 0 Å². The molecule has 2 aromatic heterocycles. The van der Waals surface area contributed by atoms with E-state index >= 15 is 0 Å². The number of imidazole rings is 1. The maximum Gasteiger partial charge on any atom is 2.00 e. The van der Waals surface area contributed by atoms with Crippen LogP contribution in [0.25, 0.3) is 11.2 Å². The van der Waals surface area contributed by atoms with Crippen molar-refractivity contribution in [3.05, 3.63) is 10.5 Å². The van der Waals surface area contributed by atoms with Gasteiger partial charge < -0.3 is 0 Å². The van der Waals surface area contributed by atoms with Crippen molar-refractivity contribution < 1.29 is 21.1 Å². The van der Waals surface area contributed by atoms with Gasteiger partial charge in [0.1, 0.15) is 0 Å². The minimum atomic E-state index is 0. The second-order valence-electron chi connectivity index (χ2n) is 2.07. The number of rotatable bonds is 0. The normalized spacial score (nSPS) is 9.67. The largest absolute Gasteiger partial charge is 2.00 e. The summed E-state index contributed by atoms with van der Waals surface area (Å²) < 4.78 is 0.887. The molecular weight excluding hydrogens is 404 g/mol. The number of nitrogens with one attached hydrogen (secondary N) is 2. The molecule has 0 saturated carbocycles. The molecule has 7 heteroatoms. The zero-order chi connectivity index (χ0) is 7.84. The smallest absolute Gasteiger partial charge is 2.00 e. The summed E-state index contributed by atoms with van der Waals surface area (Å²) in [5.41, 5.74) is 6.96. The molecule has 5 nitrogen and oxygen atoms in total. The predicted octanol–water partition coefficient (Wildman–Crippen LogP) is -0.702. The van der Waals surface area contributed by atoms with Crippen LogP contribution in [0, 0.1) is 4.19 Å². The molecule has 0 fully saturated rings. The molecule has 4 N–H and O–H groups in total. The molecule has 0 aliphatic rings. The van der Waals surface area contributed by atoms with Crippen molar-refractivity contribution in [1.82, 2.24) is 19.9 Å². The van der Waals surface area contributed by atoms with Crippen molar-refractivity contribution in [2.45, 2.75) is 0 Å². The Morgan fingerprint density at radius 2 is 2.25 bits per heavy atom. The number of nitrogens with two attached hydrogens (primary N) is 1.